The van der Waals surface area contributed by atoms with Gasteiger partial charge in [-0.05, 0) is 32.1 Å². The van der Waals surface area contributed by atoms with Crippen LogP contribution in [-0.4, -0.2) is 44.9 Å². The zero-order chi connectivity index (χ0) is 18.8. The molecule has 0 amide bonds. The third kappa shape index (κ3) is 1.44. The van der Waals surface area contributed by atoms with Crippen molar-refractivity contribution in [1.29, 1.82) is 0 Å². The van der Waals surface area contributed by atoms with Crippen LogP contribution >= 0.6 is 0 Å². The number of carbonyl (C=O) groups excluding carboxylic acids is 2. The van der Waals surface area contributed by atoms with Crippen molar-refractivity contribution in [1.82, 2.24) is 0 Å². The SMILES string of the molecule is C[C@@H]1C[C@H](C)/C(O)=C2\C(=O)O[C@]34C[C@H](C)[C@@]5(C)O[C@@]23[C@H](C[C@@H]4[C@@H]5O)C1=O. The Hall–Kier alpha value is -1.40. The van der Waals surface area contributed by atoms with E-state index in [0.717, 1.165) is 0 Å². The van der Waals surface area contributed by atoms with Crippen LogP contribution < -0.4 is 0 Å². The molecule has 6 nitrogen and oxygen atoms in total. The van der Waals surface area contributed by atoms with Gasteiger partial charge in [-0.1, -0.05) is 20.8 Å². The van der Waals surface area contributed by atoms with Crippen molar-refractivity contribution < 1.29 is 29.3 Å². The molecule has 6 rings (SSSR count). The number of aliphatic hydroxyl groups excluding tert-OH is 2. The van der Waals surface area contributed by atoms with Gasteiger partial charge >= 0.3 is 5.97 Å². The van der Waals surface area contributed by atoms with Crippen LogP contribution in [0.4, 0.5) is 0 Å². The monoisotopic (exact) mass is 362 g/mol. The summed E-state index contributed by atoms with van der Waals surface area (Å²) in [5.41, 5.74) is -3.05. The number of allylic oxidation sites excluding steroid dienone is 1. The summed E-state index contributed by atoms with van der Waals surface area (Å²) >= 11 is 0. The first-order valence-electron chi connectivity index (χ1n) is 9.69. The van der Waals surface area contributed by atoms with Crippen LogP contribution in [0.1, 0.15) is 47.0 Å². The summed E-state index contributed by atoms with van der Waals surface area (Å²) in [7, 11) is 0. The van der Waals surface area contributed by atoms with Gasteiger partial charge in [-0.3, -0.25) is 4.79 Å². The molecule has 0 radical (unpaired) electrons. The van der Waals surface area contributed by atoms with Gasteiger partial charge in [0.1, 0.15) is 17.1 Å². The van der Waals surface area contributed by atoms with E-state index in [0.29, 0.717) is 19.3 Å². The molecule has 9 atom stereocenters. The molecule has 0 aromatic rings. The van der Waals surface area contributed by atoms with Crippen LogP contribution in [0.3, 0.4) is 0 Å². The molecule has 142 valence electrons. The van der Waals surface area contributed by atoms with Gasteiger partial charge in [-0.25, -0.2) is 4.79 Å². The van der Waals surface area contributed by atoms with Crippen molar-refractivity contribution in [2.75, 3.05) is 0 Å². The van der Waals surface area contributed by atoms with Gasteiger partial charge in [0.05, 0.1) is 17.6 Å². The number of rotatable bonds is 0. The van der Waals surface area contributed by atoms with Crippen molar-refractivity contribution in [3.8, 4) is 0 Å². The number of ether oxygens (including phenoxy) is 2. The molecule has 2 N–H and O–H groups in total. The lowest BCUT2D eigenvalue weighted by Gasteiger charge is -2.63. The predicted octanol–water partition coefficient (Wildman–Crippen LogP) is 1.90. The van der Waals surface area contributed by atoms with Crippen molar-refractivity contribution in [2.45, 2.75) is 69.9 Å². The first-order valence-corrected chi connectivity index (χ1v) is 9.69. The number of Topliss-reactive ketones (excluding diaryl/α,β-unsaturated/α-hetero) is 1. The van der Waals surface area contributed by atoms with E-state index in [-0.39, 0.29) is 40.8 Å². The fourth-order valence-corrected chi connectivity index (χ4v) is 6.84. The third-order valence-electron chi connectivity index (χ3n) is 8.25. The maximum absolute atomic E-state index is 13.3. The normalized spacial score (nSPS) is 60.5. The highest BCUT2D eigenvalue weighted by Gasteiger charge is 2.86. The van der Waals surface area contributed by atoms with E-state index in [9.17, 15) is 19.8 Å². The molecule has 26 heavy (non-hydrogen) atoms. The van der Waals surface area contributed by atoms with Crippen LogP contribution in [0.25, 0.3) is 0 Å². The maximum Gasteiger partial charge on any atom is 0.341 e. The zero-order valence-corrected chi connectivity index (χ0v) is 15.6. The number of aliphatic hydroxyl groups is 2. The summed E-state index contributed by atoms with van der Waals surface area (Å²) in [5.74, 6) is -2.04. The van der Waals surface area contributed by atoms with E-state index in [2.05, 4.69) is 0 Å². The third-order valence-corrected chi connectivity index (χ3v) is 8.25. The lowest BCUT2D eigenvalue weighted by molar-refractivity contribution is -0.341. The van der Waals surface area contributed by atoms with E-state index >= 15 is 0 Å². The summed E-state index contributed by atoms with van der Waals surface area (Å²) in [6.07, 6.45) is 0.660. The average molecular weight is 362 g/mol. The van der Waals surface area contributed by atoms with Gasteiger partial charge in [0.15, 0.2) is 11.2 Å². The molecule has 5 fully saturated rings. The lowest BCUT2D eigenvalue weighted by Crippen LogP contribution is -2.76. The topological polar surface area (TPSA) is 93.1 Å². The summed E-state index contributed by atoms with van der Waals surface area (Å²) in [5, 5.41) is 22.0. The highest BCUT2D eigenvalue weighted by atomic mass is 16.6. The molecule has 3 saturated heterocycles. The highest BCUT2D eigenvalue weighted by Crippen LogP contribution is 2.73. The Morgan fingerprint density at radius 2 is 1.81 bits per heavy atom. The van der Waals surface area contributed by atoms with E-state index in [1.807, 2.05) is 27.7 Å². The Kier molecular flexibility index (Phi) is 2.92. The molecule has 2 spiro atoms. The number of hydrogen-bond acceptors (Lipinski definition) is 6. The second-order valence-corrected chi connectivity index (χ2v) is 9.45. The molecule has 0 aromatic carbocycles. The smallest absolute Gasteiger partial charge is 0.341 e. The summed E-state index contributed by atoms with van der Waals surface area (Å²) < 4.78 is 12.5. The van der Waals surface area contributed by atoms with Crippen LogP contribution in [0, 0.1) is 29.6 Å². The number of ketones is 1. The van der Waals surface area contributed by atoms with Crippen LogP contribution in [0.2, 0.25) is 0 Å². The van der Waals surface area contributed by atoms with Crippen LogP contribution in [-0.2, 0) is 19.1 Å². The molecule has 6 heteroatoms. The first kappa shape index (κ1) is 16.8. The van der Waals surface area contributed by atoms with E-state index < -0.39 is 34.8 Å². The molecule has 0 unspecified atom stereocenters. The Morgan fingerprint density at radius 1 is 1.12 bits per heavy atom. The number of fused-ring (bicyclic) bond motifs is 1. The summed E-state index contributed by atoms with van der Waals surface area (Å²) in [6, 6.07) is 0. The van der Waals surface area contributed by atoms with Gasteiger partial charge in [-0.15, -0.1) is 0 Å². The van der Waals surface area contributed by atoms with Gasteiger partial charge in [0.2, 0.25) is 0 Å². The van der Waals surface area contributed by atoms with Crippen molar-refractivity contribution in [3.05, 3.63) is 11.3 Å². The van der Waals surface area contributed by atoms with Crippen molar-refractivity contribution in [3.63, 3.8) is 0 Å². The lowest BCUT2D eigenvalue weighted by atomic mass is 9.55. The van der Waals surface area contributed by atoms with Gasteiger partial charge in [-0.2, -0.15) is 0 Å². The minimum Gasteiger partial charge on any atom is -0.511 e. The molecule has 3 heterocycles. The molecule has 2 saturated carbocycles. The largest absolute Gasteiger partial charge is 0.511 e. The Morgan fingerprint density at radius 3 is 2.50 bits per heavy atom. The Bertz CT molecular complexity index is 772. The number of carbonyl (C=O) groups is 2. The van der Waals surface area contributed by atoms with Crippen molar-refractivity contribution in [2.24, 2.45) is 29.6 Å². The second-order valence-electron chi connectivity index (χ2n) is 9.45. The minimum atomic E-state index is -1.26. The summed E-state index contributed by atoms with van der Waals surface area (Å²) in [4.78, 5) is 26.3. The predicted molar refractivity (Wildman–Crippen MR) is 90.0 cm³/mol. The zero-order valence-electron chi connectivity index (χ0n) is 15.6. The highest BCUT2D eigenvalue weighted by molar-refractivity contribution is 5.99. The number of hydrogen-bond donors (Lipinski definition) is 2. The molecular formula is C20H26O6. The van der Waals surface area contributed by atoms with Crippen LogP contribution in [0.5, 0.6) is 0 Å². The van der Waals surface area contributed by atoms with Crippen LogP contribution in [0.15, 0.2) is 11.3 Å². The summed E-state index contributed by atoms with van der Waals surface area (Å²) in [6.45, 7) is 7.55. The first-order chi connectivity index (χ1) is 12.1. The van der Waals surface area contributed by atoms with Gasteiger partial charge < -0.3 is 19.7 Å². The second kappa shape index (κ2) is 4.53. The molecule has 3 aliphatic carbocycles. The average Bonchev–Trinajstić information content (AvgIpc) is 2.92. The Labute approximate surface area is 152 Å². The number of esters is 1. The standard InChI is InChI=1S/C20H26O6/c1-8-5-9(2)15(22)13-17(24)25-19-7-10(3)18(4)16(23)12(19)6-11(14(8)21)20(13,19)26-18/h8-12,16,22-23H,5-7H2,1-4H3/b15-13-/t8-,9+,10+,11-,12-,16+,18-,19+,20+/m1/s1. The molecule has 3 aliphatic heterocycles. The fourth-order valence-electron chi connectivity index (χ4n) is 6.84. The fraction of sp³-hybridized carbons (Fsp3) is 0.800. The maximum atomic E-state index is 13.3. The van der Waals surface area contributed by atoms with E-state index in [1.54, 1.807) is 0 Å². The van der Waals surface area contributed by atoms with Gasteiger partial charge in [0, 0.05) is 17.8 Å². The van der Waals surface area contributed by atoms with E-state index in [4.69, 9.17) is 9.47 Å². The van der Waals surface area contributed by atoms with Gasteiger partial charge in [0.25, 0.3) is 0 Å². The van der Waals surface area contributed by atoms with Crippen molar-refractivity contribution >= 4 is 11.8 Å². The Balaban J connectivity index is 1.85. The molecular weight excluding hydrogens is 336 g/mol. The molecule has 6 aliphatic rings. The molecule has 4 bridgehead atoms. The molecule has 0 aromatic heterocycles. The van der Waals surface area contributed by atoms with E-state index in [1.165, 1.54) is 0 Å². The quantitative estimate of drug-likeness (QED) is 0.640. The minimum absolute atomic E-state index is 0.00447.